The summed E-state index contributed by atoms with van der Waals surface area (Å²) in [4.78, 5) is 31.8. The van der Waals surface area contributed by atoms with Crippen LogP contribution >= 0.6 is 46.8 Å². The summed E-state index contributed by atoms with van der Waals surface area (Å²) in [5, 5.41) is 11.8. The smallest absolute Gasteiger partial charge is 0.341 e. The molecule has 1 aromatic carbocycles. The summed E-state index contributed by atoms with van der Waals surface area (Å²) in [6, 6.07) is 5.23. The molecule has 0 saturated heterocycles. The number of hydrogen-bond acceptors (Lipinski definition) is 7. The molecule has 3 aromatic rings. The van der Waals surface area contributed by atoms with E-state index in [-0.39, 0.29) is 22.5 Å². The molecule has 9 nitrogen and oxygen atoms in total. The molecule has 0 unspecified atom stereocenters. The number of nitrogens with zero attached hydrogens (tertiary/aromatic N) is 4. The monoisotopic (exact) mass is 554 g/mol. The van der Waals surface area contributed by atoms with Crippen molar-refractivity contribution in [3.63, 3.8) is 0 Å². The number of carbonyl (C=O) groups is 2. The Morgan fingerprint density at radius 3 is 2.57 bits per heavy atom. The maximum absolute atomic E-state index is 12.9. The van der Waals surface area contributed by atoms with Gasteiger partial charge in [-0.25, -0.2) is 14.5 Å². The van der Waals surface area contributed by atoms with Crippen molar-refractivity contribution in [2.24, 2.45) is 0 Å². The summed E-state index contributed by atoms with van der Waals surface area (Å²) in [5.74, 6) is -0.472. The zero-order valence-corrected chi connectivity index (χ0v) is 22.7. The number of aromatic nitrogens is 3. The molecule has 0 atom stereocenters. The molecule has 0 fully saturated rings. The van der Waals surface area contributed by atoms with Crippen molar-refractivity contribution in [1.29, 1.82) is 0 Å². The standard InChI is InChI=1S/C22H24Cl2N6O3S2/c1-5-29(6-2)19(31)17-12(3)16(20(32)33-4)18(35-17)26-22(34)27-21-25-11-30(28-21)10-13-7-8-14(23)9-15(13)24/h7-9,11H,5-6,10H2,1-4H3,(H2,26,27,28,34). The number of thiophene rings is 1. The molecule has 0 bridgehead atoms. The molecule has 0 saturated carbocycles. The number of esters is 1. The van der Waals surface area contributed by atoms with Crippen LogP contribution in [0.1, 0.15) is 45.0 Å². The maximum atomic E-state index is 12.9. The second kappa shape index (κ2) is 11.8. The van der Waals surface area contributed by atoms with Gasteiger partial charge in [-0.2, -0.15) is 0 Å². The second-order valence-corrected chi connectivity index (χ2v) is 9.58. The number of methoxy groups -OCH3 is 1. The maximum Gasteiger partial charge on any atom is 0.341 e. The normalized spacial score (nSPS) is 10.7. The van der Waals surface area contributed by atoms with E-state index in [9.17, 15) is 9.59 Å². The van der Waals surface area contributed by atoms with Crippen LogP contribution < -0.4 is 10.6 Å². The molecule has 0 spiro atoms. The molecular formula is C22H24Cl2N6O3S2. The van der Waals surface area contributed by atoms with Gasteiger partial charge in [0.1, 0.15) is 11.3 Å². The molecule has 2 N–H and O–H groups in total. The number of carbonyl (C=O) groups excluding carboxylic acids is 2. The number of anilines is 2. The highest BCUT2D eigenvalue weighted by Gasteiger charge is 2.27. The quantitative estimate of drug-likeness (QED) is 0.293. The van der Waals surface area contributed by atoms with E-state index in [1.165, 1.54) is 13.4 Å². The zero-order chi connectivity index (χ0) is 25.7. The van der Waals surface area contributed by atoms with Crippen molar-refractivity contribution in [2.45, 2.75) is 27.3 Å². The van der Waals surface area contributed by atoms with E-state index < -0.39 is 5.97 Å². The molecule has 1 amide bonds. The first kappa shape index (κ1) is 26.9. The third-order valence-electron chi connectivity index (χ3n) is 5.12. The van der Waals surface area contributed by atoms with Crippen LogP contribution in [-0.2, 0) is 11.3 Å². The predicted molar refractivity (Wildman–Crippen MR) is 143 cm³/mol. The molecule has 0 aliphatic heterocycles. The summed E-state index contributed by atoms with van der Waals surface area (Å²) in [5.41, 5.74) is 1.62. The topological polar surface area (TPSA) is 101 Å². The van der Waals surface area contributed by atoms with Crippen LogP contribution in [0.15, 0.2) is 24.5 Å². The van der Waals surface area contributed by atoms with Gasteiger partial charge in [-0.1, -0.05) is 29.3 Å². The Hall–Kier alpha value is -2.73. The van der Waals surface area contributed by atoms with Gasteiger partial charge in [-0.15, -0.1) is 16.4 Å². The van der Waals surface area contributed by atoms with Gasteiger partial charge in [0.25, 0.3) is 5.91 Å². The molecule has 2 heterocycles. The summed E-state index contributed by atoms with van der Waals surface area (Å²) in [7, 11) is 1.29. The van der Waals surface area contributed by atoms with Gasteiger partial charge < -0.3 is 15.0 Å². The second-order valence-electron chi connectivity index (χ2n) is 7.31. The lowest BCUT2D eigenvalue weighted by Gasteiger charge is -2.17. The SMILES string of the molecule is CCN(CC)C(=O)c1sc(NC(=S)Nc2ncn(Cc3ccc(Cl)cc3Cl)n2)c(C(=O)OC)c1C. The van der Waals surface area contributed by atoms with Gasteiger partial charge in [0.2, 0.25) is 5.95 Å². The molecule has 13 heteroatoms. The number of thiocarbonyl (C=S) groups is 1. The minimum atomic E-state index is -0.565. The minimum Gasteiger partial charge on any atom is -0.465 e. The van der Waals surface area contributed by atoms with Crippen molar-refractivity contribution < 1.29 is 14.3 Å². The molecule has 2 aromatic heterocycles. The minimum absolute atomic E-state index is 0.153. The molecule has 0 aliphatic carbocycles. The average Bonchev–Trinajstić information content (AvgIpc) is 3.39. The van der Waals surface area contributed by atoms with Crippen LogP contribution in [0.4, 0.5) is 10.9 Å². The average molecular weight is 556 g/mol. The lowest BCUT2D eigenvalue weighted by Crippen LogP contribution is -2.30. The van der Waals surface area contributed by atoms with Gasteiger partial charge in [0.15, 0.2) is 5.11 Å². The van der Waals surface area contributed by atoms with Gasteiger partial charge in [-0.05, 0) is 56.2 Å². The van der Waals surface area contributed by atoms with E-state index in [0.29, 0.717) is 45.1 Å². The zero-order valence-electron chi connectivity index (χ0n) is 19.5. The van der Waals surface area contributed by atoms with Gasteiger partial charge in [0, 0.05) is 23.1 Å². The predicted octanol–water partition coefficient (Wildman–Crippen LogP) is 5.08. The highest BCUT2D eigenvalue weighted by atomic mass is 35.5. The number of hydrogen-bond donors (Lipinski definition) is 2. The van der Waals surface area contributed by atoms with Crippen molar-refractivity contribution in [3.05, 3.63) is 56.1 Å². The first-order valence-corrected chi connectivity index (χ1v) is 12.6. The fourth-order valence-electron chi connectivity index (χ4n) is 3.30. The van der Waals surface area contributed by atoms with E-state index >= 15 is 0 Å². The summed E-state index contributed by atoms with van der Waals surface area (Å²) in [6.07, 6.45) is 1.53. The van der Waals surface area contributed by atoms with Crippen molar-refractivity contribution in [3.8, 4) is 0 Å². The van der Waals surface area contributed by atoms with E-state index in [2.05, 4.69) is 20.7 Å². The molecule has 35 heavy (non-hydrogen) atoms. The number of halogens is 2. The third-order valence-corrected chi connectivity index (χ3v) is 7.10. The summed E-state index contributed by atoms with van der Waals surface area (Å²) in [6.45, 7) is 7.01. The Balaban J connectivity index is 1.77. The fraction of sp³-hybridized carbons (Fsp3) is 0.318. The fourth-order valence-corrected chi connectivity index (χ4v) is 5.19. The van der Waals surface area contributed by atoms with Crippen LogP contribution in [0.2, 0.25) is 10.0 Å². The van der Waals surface area contributed by atoms with Crippen molar-refractivity contribution >= 4 is 74.7 Å². The molecular weight excluding hydrogens is 531 g/mol. The van der Waals surface area contributed by atoms with Crippen LogP contribution in [0, 0.1) is 6.92 Å². The number of benzene rings is 1. The first-order chi connectivity index (χ1) is 16.7. The van der Waals surface area contributed by atoms with E-state index in [0.717, 1.165) is 16.9 Å². The molecule has 0 aliphatic rings. The van der Waals surface area contributed by atoms with E-state index in [4.69, 9.17) is 40.2 Å². The lowest BCUT2D eigenvalue weighted by atomic mass is 10.1. The Morgan fingerprint density at radius 1 is 1.23 bits per heavy atom. The van der Waals surface area contributed by atoms with Crippen LogP contribution in [0.3, 0.4) is 0 Å². The molecule has 186 valence electrons. The lowest BCUT2D eigenvalue weighted by molar-refractivity contribution is 0.0601. The number of rotatable bonds is 8. The Kier molecular flexibility index (Phi) is 9.06. The van der Waals surface area contributed by atoms with E-state index in [1.807, 2.05) is 19.9 Å². The van der Waals surface area contributed by atoms with Gasteiger partial charge in [0.05, 0.1) is 24.1 Å². The molecule has 0 radical (unpaired) electrons. The summed E-state index contributed by atoms with van der Waals surface area (Å²) >= 11 is 18.7. The van der Waals surface area contributed by atoms with Crippen LogP contribution in [-0.4, -0.2) is 56.9 Å². The third kappa shape index (κ3) is 6.29. The largest absolute Gasteiger partial charge is 0.465 e. The highest BCUT2D eigenvalue weighted by molar-refractivity contribution is 7.80. The van der Waals surface area contributed by atoms with Crippen LogP contribution in [0.25, 0.3) is 0 Å². The summed E-state index contributed by atoms with van der Waals surface area (Å²) < 4.78 is 6.53. The van der Waals surface area contributed by atoms with Gasteiger partial charge >= 0.3 is 5.97 Å². The molecule has 3 rings (SSSR count). The number of nitrogens with one attached hydrogen (secondary N) is 2. The first-order valence-electron chi connectivity index (χ1n) is 10.6. The number of amides is 1. The van der Waals surface area contributed by atoms with Gasteiger partial charge in [-0.3, -0.25) is 10.1 Å². The highest BCUT2D eigenvalue weighted by Crippen LogP contribution is 2.34. The Bertz CT molecular complexity index is 1260. The number of ether oxygens (including phenoxy) is 1. The Labute approximate surface area is 222 Å². The van der Waals surface area contributed by atoms with Crippen LogP contribution in [0.5, 0.6) is 0 Å². The Morgan fingerprint density at radius 2 is 1.94 bits per heavy atom. The van der Waals surface area contributed by atoms with Crippen molar-refractivity contribution in [1.82, 2.24) is 19.7 Å². The van der Waals surface area contributed by atoms with Crippen molar-refractivity contribution in [2.75, 3.05) is 30.8 Å². The van der Waals surface area contributed by atoms with E-state index in [1.54, 1.807) is 28.6 Å².